The smallest absolute Gasteiger partial charge is 0.0909 e. The van der Waals surface area contributed by atoms with E-state index in [0.717, 1.165) is 21.4 Å². The molecular formula is C11H8N2S. The summed E-state index contributed by atoms with van der Waals surface area (Å²) in [4.78, 5) is 8.83. The average molecular weight is 200 g/mol. The highest BCUT2D eigenvalue weighted by Crippen LogP contribution is 2.27. The SMILES string of the molecule is Cc1nc2c(ccc3ncccc32)s1. The molecule has 2 aromatic heterocycles. The van der Waals surface area contributed by atoms with Gasteiger partial charge in [0.15, 0.2) is 0 Å². The first-order valence-electron chi connectivity index (χ1n) is 4.45. The van der Waals surface area contributed by atoms with Crippen LogP contribution in [0.4, 0.5) is 0 Å². The maximum Gasteiger partial charge on any atom is 0.0909 e. The van der Waals surface area contributed by atoms with Gasteiger partial charge in [0, 0.05) is 11.6 Å². The van der Waals surface area contributed by atoms with Crippen LogP contribution in [0.5, 0.6) is 0 Å². The van der Waals surface area contributed by atoms with Gasteiger partial charge in [-0.05, 0) is 31.2 Å². The summed E-state index contributed by atoms with van der Waals surface area (Å²) in [6.07, 6.45) is 1.81. The van der Waals surface area contributed by atoms with Gasteiger partial charge in [-0.1, -0.05) is 0 Å². The second-order valence-corrected chi connectivity index (χ2v) is 4.45. The van der Waals surface area contributed by atoms with Crippen LogP contribution in [0, 0.1) is 6.92 Å². The Kier molecular flexibility index (Phi) is 1.55. The van der Waals surface area contributed by atoms with E-state index in [2.05, 4.69) is 28.2 Å². The zero-order valence-electron chi connectivity index (χ0n) is 7.69. The van der Waals surface area contributed by atoms with Gasteiger partial charge in [-0.15, -0.1) is 11.3 Å². The number of hydrogen-bond acceptors (Lipinski definition) is 3. The first kappa shape index (κ1) is 7.88. The summed E-state index contributed by atoms with van der Waals surface area (Å²) in [7, 11) is 0. The molecule has 2 heterocycles. The normalized spacial score (nSPS) is 11.2. The van der Waals surface area contributed by atoms with Crippen LogP contribution in [0.2, 0.25) is 0 Å². The average Bonchev–Trinajstić information content (AvgIpc) is 2.59. The van der Waals surface area contributed by atoms with E-state index in [4.69, 9.17) is 0 Å². The molecule has 0 spiro atoms. The largest absolute Gasteiger partial charge is 0.256 e. The lowest BCUT2D eigenvalue weighted by Gasteiger charge is -1.95. The van der Waals surface area contributed by atoms with Crippen LogP contribution in [0.25, 0.3) is 21.1 Å². The summed E-state index contributed by atoms with van der Waals surface area (Å²) in [6, 6.07) is 8.17. The number of benzene rings is 1. The highest BCUT2D eigenvalue weighted by Gasteiger charge is 2.04. The van der Waals surface area contributed by atoms with E-state index in [-0.39, 0.29) is 0 Å². The van der Waals surface area contributed by atoms with Crippen molar-refractivity contribution in [2.45, 2.75) is 6.92 Å². The second-order valence-electron chi connectivity index (χ2n) is 3.22. The van der Waals surface area contributed by atoms with Crippen molar-refractivity contribution in [2.75, 3.05) is 0 Å². The van der Waals surface area contributed by atoms with Crippen LogP contribution in [0.15, 0.2) is 30.5 Å². The second kappa shape index (κ2) is 2.75. The first-order chi connectivity index (χ1) is 6.84. The lowest BCUT2D eigenvalue weighted by atomic mass is 10.2. The third-order valence-electron chi connectivity index (χ3n) is 2.25. The molecule has 68 valence electrons. The van der Waals surface area contributed by atoms with Crippen LogP contribution in [-0.2, 0) is 0 Å². The molecule has 1 aromatic carbocycles. The Bertz CT molecular complexity index is 613. The summed E-state index contributed by atoms with van der Waals surface area (Å²) >= 11 is 1.73. The van der Waals surface area contributed by atoms with Gasteiger partial charge in [-0.2, -0.15) is 0 Å². The summed E-state index contributed by atoms with van der Waals surface area (Å²) in [5.74, 6) is 0. The Morgan fingerprint density at radius 1 is 1.21 bits per heavy atom. The van der Waals surface area contributed by atoms with Crippen molar-refractivity contribution >= 4 is 32.5 Å². The summed E-state index contributed by atoms with van der Waals surface area (Å²) in [5.41, 5.74) is 2.10. The Labute approximate surface area is 85.2 Å². The summed E-state index contributed by atoms with van der Waals surface area (Å²) < 4.78 is 1.24. The number of rotatable bonds is 0. The van der Waals surface area contributed by atoms with Crippen LogP contribution in [-0.4, -0.2) is 9.97 Å². The van der Waals surface area contributed by atoms with Crippen LogP contribution < -0.4 is 0 Å². The summed E-state index contributed by atoms with van der Waals surface area (Å²) in [5, 5.41) is 2.26. The maximum atomic E-state index is 4.52. The molecule has 3 heteroatoms. The number of pyridine rings is 1. The minimum Gasteiger partial charge on any atom is -0.256 e. The fraction of sp³-hybridized carbons (Fsp3) is 0.0909. The van der Waals surface area contributed by atoms with Crippen molar-refractivity contribution < 1.29 is 0 Å². The molecule has 0 amide bonds. The molecule has 0 aliphatic heterocycles. The number of nitrogens with zero attached hydrogens (tertiary/aromatic N) is 2. The zero-order chi connectivity index (χ0) is 9.54. The molecule has 0 unspecified atom stereocenters. The molecule has 0 atom stereocenters. The Hall–Kier alpha value is -1.48. The molecule has 0 fully saturated rings. The van der Waals surface area contributed by atoms with Crippen molar-refractivity contribution in [3.05, 3.63) is 35.5 Å². The van der Waals surface area contributed by atoms with Gasteiger partial charge in [0.1, 0.15) is 0 Å². The standard InChI is InChI=1S/C11H8N2S/c1-7-13-11-8-3-2-6-12-9(8)4-5-10(11)14-7/h2-6H,1H3. The van der Waals surface area contributed by atoms with E-state index in [0.29, 0.717) is 0 Å². The molecule has 3 aromatic rings. The quantitative estimate of drug-likeness (QED) is 0.557. The van der Waals surface area contributed by atoms with Crippen LogP contribution >= 0.6 is 11.3 Å². The highest BCUT2D eigenvalue weighted by molar-refractivity contribution is 7.18. The van der Waals surface area contributed by atoms with Gasteiger partial charge in [0.05, 0.1) is 20.7 Å². The molecule has 0 saturated heterocycles. The molecule has 3 rings (SSSR count). The van der Waals surface area contributed by atoms with Gasteiger partial charge >= 0.3 is 0 Å². The van der Waals surface area contributed by atoms with E-state index in [1.165, 1.54) is 4.70 Å². The minimum absolute atomic E-state index is 1.02. The van der Waals surface area contributed by atoms with E-state index >= 15 is 0 Å². The number of hydrogen-bond donors (Lipinski definition) is 0. The summed E-state index contributed by atoms with van der Waals surface area (Å²) in [6.45, 7) is 2.03. The lowest BCUT2D eigenvalue weighted by Crippen LogP contribution is -1.78. The number of aromatic nitrogens is 2. The lowest BCUT2D eigenvalue weighted by molar-refractivity contribution is 1.35. The van der Waals surface area contributed by atoms with E-state index in [9.17, 15) is 0 Å². The fourth-order valence-electron chi connectivity index (χ4n) is 1.65. The van der Waals surface area contributed by atoms with E-state index in [1.807, 2.05) is 19.2 Å². The Balaban J connectivity index is 2.60. The predicted molar refractivity (Wildman–Crippen MR) is 59.7 cm³/mol. The molecule has 0 N–H and O–H groups in total. The van der Waals surface area contributed by atoms with Crippen molar-refractivity contribution in [1.82, 2.24) is 9.97 Å². The molecule has 0 radical (unpaired) electrons. The molecule has 2 nitrogen and oxygen atoms in total. The van der Waals surface area contributed by atoms with Gasteiger partial charge in [-0.3, -0.25) is 4.98 Å². The monoisotopic (exact) mass is 200 g/mol. The van der Waals surface area contributed by atoms with Crippen molar-refractivity contribution in [3.63, 3.8) is 0 Å². The Morgan fingerprint density at radius 2 is 2.14 bits per heavy atom. The van der Waals surface area contributed by atoms with E-state index in [1.54, 1.807) is 11.3 Å². The number of thiazole rings is 1. The van der Waals surface area contributed by atoms with Gasteiger partial charge < -0.3 is 0 Å². The van der Waals surface area contributed by atoms with Crippen molar-refractivity contribution in [1.29, 1.82) is 0 Å². The minimum atomic E-state index is 1.02. The predicted octanol–water partition coefficient (Wildman–Crippen LogP) is 3.15. The molecule has 0 aliphatic rings. The number of fused-ring (bicyclic) bond motifs is 3. The highest BCUT2D eigenvalue weighted by atomic mass is 32.1. The third kappa shape index (κ3) is 1.02. The van der Waals surface area contributed by atoms with Gasteiger partial charge in [0.25, 0.3) is 0 Å². The van der Waals surface area contributed by atoms with Crippen molar-refractivity contribution in [2.24, 2.45) is 0 Å². The topological polar surface area (TPSA) is 25.8 Å². The molecule has 0 saturated carbocycles. The third-order valence-corrected chi connectivity index (χ3v) is 3.18. The molecular weight excluding hydrogens is 192 g/mol. The molecule has 0 aliphatic carbocycles. The van der Waals surface area contributed by atoms with Gasteiger partial charge in [0.2, 0.25) is 0 Å². The molecule has 0 bridgehead atoms. The van der Waals surface area contributed by atoms with Crippen molar-refractivity contribution in [3.8, 4) is 0 Å². The van der Waals surface area contributed by atoms with Gasteiger partial charge in [-0.25, -0.2) is 4.98 Å². The Morgan fingerprint density at radius 3 is 3.07 bits per heavy atom. The van der Waals surface area contributed by atoms with Crippen LogP contribution in [0.1, 0.15) is 5.01 Å². The first-order valence-corrected chi connectivity index (χ1v) is 5.27. The maximum absolute atomic E-state index is 4.52. The molecule has 14 heavy (non-hydrogen) atoms. The zero-order valence-corrected chi connectivity index (χ0v) is 8.51. The van der Waals surface area contributed by atoms with Crippen LogP contribution in [0.3, 0.4) is 0 Å². The van der Waals surface area contributed by atoms with E-state index < -0.39 is 0 Å². The number of aryl methyl sites for hydroxylation is 1. The fourth-order valence-corrected chi connectivity index (χ4v) is 2.50.